The lowest BCUT2D eigenvalue weighted by molar-refractivity contribution is -0.135. The zero-order valence-electron chi connectivity index (χ0n) is 17.9. The van der Waals surface area contributed by atoms with Crippen LogP contribution in [-0.2, 0) is 19.1 Å². The van der Waals surface area contributed by atoms with Gasteiger partial charge in [0.15, 0.2) is 0 Å². The first-order chi connectivity index (χ1) is 13.6. The van der Waals surface area contributed by atoms with Crippen LogP contribution in [0.15, 0.2) is 0 Å². The fourth-order valence-corrected chi connectivity index (χ4v) is 3.37. The molecular formula is C20H33N3O6. The molecule has 2 fully saturated rings. The molecule has 4 amide bonds. The molecule has 29 heavy (non-hydrogen) atoms. The first-order valence-electron chi connectivity index (χ1n) is 10.4. The molecule has 0 bridgehead atoms. The molecule has 2 heterocycles. The summed E-state index contributed by atoms with van der Waals surface area (Å²) < 4.78 is 10.5. The third-order valence-corrected chi connectivity index (χ3v) is 4.93. The van der Waals surface area contributed by atoms with Crippen molar-refractivity contribution in [2.24, 2.45) is 0 Å². The molecule has 1 N–H and O–H groups in total. The van der Waals surface area contributed by atoms with Crippen molar-refractivity contribution in [2.45, 2.75) is 83.9 Å². The van der Waals surface area contributed by atoms with Gasteiger partial charge in [0.05, 0.1) is 6.61 Å². The molecule has 9 nitrogen and oxygen atoms in total. The first-order valence-corrected chi connectivity index (χ1v) is 10.4. The molecule has 0 aromatic heterocycles. The Hall–Kier alpha value is -2.32. The predicted octanol–water partition coefficient (Wildman–Crippen LogP) is 2.43. The average Bonchev–Trinajstić information content (AvgIpc) is 3.03. The summed E-state index contributed by atoms with van der Waals surface area (Å²) in [5.74, 6) is -0.755. The van der Waals surface area contributed by atoms with E-state index in [1.807, 2.05) is 6.92 Å². The standard InChI is InChI=1S/C20H33N3O6/c1-5-6-13-28-18(26)22-11-9-14(10-12-22)21-17(25)15-7-8-16(24)23(15)19(27)29-20(2,3)4/h14-15H,5-13H2,1-4H3,(H,21,25)/t15-/m0/s1. The van der Waals surface area contributed by atoms with E-state index in [4.69, 9.17) is 9.47 Å². The highest BCUT2D eigenvalue weighted by Gasteiger charge is 2.43. The highest BCUT2D eigenvalue weighted by atomic mass is 16.6. The van der Waals surface area contributed by atoms with Crippen molar-refractivity contribution < 1.29 is 28.7 Å². The zero-order chi connectivity index (χ0) is 21.6. The minimum Gasteiger partial charge on any atom is -0.449 e. The number of hydrogen-bond acceptors (Lipinski definition) is 6. The summed E-state index contributed by atoms with van der Waals surface area (Å²) in [4.78, 5) is 51.8. The Bertz CT molecular complexity index is 622. The fraction of sp³-hybridized carbons (Fsp3) is 0.800. The summed E-state index contributed by atoms with van der Waals surface area (Å²) in [6.07, 6.45) is 2.32. The first kappa shape index (κ1) is 23.0. The van der Waals surface area contributed by atoms with Crippen LogP contribution in [0, 0.1) is 0 Å². The van der Waals surface area contributed by atoms with Crippen molar-refractivity contribution in [3.8, 4) is 0 Å². The predicted molar refractivity (Wildman–Crippen MR) is 105 cm³/mol. The number of carbonyl (C=O) groups is 4. The van der Waals surface area contributed by atoms with Crippen LogP contribution >= 0.6 is 0 Å². The van der Waals surface area contributed by atoms with Crippen LogP contribution < -0.4 is 5.32 Å². The Morgan fingerprint density at radius 1 is 1.10 bits per heavy atom. The van der Waals surface area contributed by atoms with Gasteiger partial charge in [0.25, 0.3) is 0 Å². The van der Waals surface area contributed by atoms with Gasteiger partial charge in [-0.15, -0.1) is 0 Å². The van der Waals surface area contributed by atoms with Gasteiger partial charge in [-0.1, -0.05) is 13.3 Å². The van der Waals surface area contributed by atoms with Gasteiger partial charge in [0, 0.05) is 25.6 Å². The van der Waals surface area contributed by atoms with Gasteiger partial charge in [-0.25, -0.2) is 14.5 Å². The molecule has 0 aromatic carbocycles. The number of rotatable bonds is 5. The Morgan fingerprint density at radius 2 is 1.76 bits per heavy atom. The summed E-state index contributed by atoms with van der Waals surface area (Å²) in [6, 6.07) is -0.965. The molecule has 0 radical (unpaired) electrons. The second-order valence-corrected chi connectivity index (χ2v) is 8.54. The van der Waals surface area contributed by atoms with Gasteiger partial charge in [0.1, 0.15) is 11.6 Å². The number of ether oxygens (including phenoxy) is 2. The zero-order valence-corrected chi connectivity index (χ0v) is 17.9. The normalized spacial score (nSPS) is 20.6. The molecule has 0 spiro atoms. The van der Waals surface area contributed by atoms with E-state index in [1.165, 1.54) is 0 Å². The van der Waals surface area contributed by atoms with E-state index in [0.29, 0.717) is 32.5 Å². The number of unbranched alkanes of at least 4 members (excludes halogenated alkanes) is 1. The van der Waals surface area contributed by atoms with Gasteiger partial charge < -0.3 is 19.7 Å². The van der Waals surface area contributed by atoms with Gasteiger partial charge in [-0.2, -0.15) is 0 Å². The Kier molecular flexibility index (Phi) is 7.87. The SMILES string of the molecule is CCCCOC(=O)N1CCC(NC(=O)[C@@H]2CCC(=O)N2C(=O)OC(C)(C)C)CC1. The van der Waals surface area contributed by atoms with Crippen LogP contribution in [-0.4, -0.2) is 71.2 Å². The summed E-state index contributed by atoms with van der Waals surface area (Å²) >= 11 is 0. The van der Waals surface area contributed by atoms with E-state index in [1.54, 1.807) is 25.7 Å². The monoisotopic (exact) mass is 411 g/mol. The molecule has 0 saturated carbocycles. The number of hydrogen-bond donors (Lipinski definition) is 1. The average molecular weight is 411 g/mol. The lowest BCUT2D eigenvalue weighted by Gasteiger charge is -2.33. The van der Waals surface area contributed by atoms with Crippen molar-refractivity contribution >= 4 is 24.0 Å². The van der Waals surface area contributed by atoms with Gasteiger partial charge in [-0.05, 0) is 46.5 Å². The van der Waals surface area contributed by atoms with Crippen molar-refractivity contribution in [3.05, 3.63) is 0 Å². The lowest BCUT2D eigenvalue weighted by Crippen LogP contribution is -2.53. The largest absolute Gasteiger partial charge is 0.449 e. The quantitative estimate of drug-likeness (QED) is 0.697. The molecule has 0 aromatic rings. The van der Waals surface area contributed by atoms with Crippen LogP contribution in [0.1, 0.15) is 66.2 Å². The number of likely N-dealkylation sites (tertiary alicyclic amines) is 2. The second-order valence-electron chi connectivity index (χ2n) is 8.54. The van der Waals surface area contributed by atoms with Crippen LogP contribution in [0.4, 0.5) is 9.59 Å². The van der Waals surface area contributed by atoms with Gasteiger partial charge >= 0.3 is 12.2 Å². The molecular weight excluding hydrogens is 378 g/mol. The summed E-state index contributed by atoms with van der Waals surface area (Å²) in [5, 5.41) is 2.92. The van der Waals surface area contributed by atoms with E-state index in [0.717, 1.165) is 17.7 Å². The van der Waals surface area contributed by atoms with E-state index in [9.17, 15) is 19.2 Å². The molecule has 1 atom stereocenters. The summed E-state index contributed by atoms with van der Waals surface area (Å²) in [7, 11) is 0. The van der Waals surface area contributed by atoms with Crippen LogP contribution in [0.5, 0.6) is 0 Å². The van der Waals surface area contributed by atoms with E-state index in [2.05, 4.69) is 5.32 Å². The minimum absolute atomic E-state index is 0.113. The van der Waals surface area contributed by atoms with E-state index >= 15 is 0 Å². The van der Waals surface area contributed by atoms with Crippen LogP contribution in [0.25, 0.3) is 0 Å². The highest BCUT2D eigenvalue weighted by molar-refractivity contribution is 6.00. The van der Waals surface area contributed by atoms with E-state index < -0.39 is 23.6 Å². The molecule has 9 heteroatoms. The summed E-state index contributed by atoms with van der Waals surface area (Å²) in [5.41, 5.74) is -0.750. The van der Waals surface area contributed by atoms with Crippen LogP contribution in [0.3, 0.4) is 0 Å². The number of imide groups is 1. The number of carbonyl (C=O) groups excluding carboxylic acids is 4. The van der Waals surface area contributed by atoms with Crippen molar-refractivity contribution in [1.29, 1.82) is 0 Å². The van der Waals surface area contributed by atoms with E-state index in [-0.39, 0.29) is 30.9 Å². The fourth-order valence-electron chi connectivity index (χ4n) is 3.37. The molecule has 2 aliphatic rings. The lowest BCUT2D eigenvalue weighted by atomic mass is 10.0. The number of amides is 4. The maximum atomic E-state index is 12.7. The number of nitrogens with zero attached hydrogens (tertiary/aromatic N) is 2. The van der Waals surface area contributed by atoms with Crippen molar-refractivity contribution in [3.63, 3.8) is 0 Å². The maximum absolute atomic E-state index is 12.7. The third-order valence-electron chi connectivity index (χ3n) is 4.93. The molecule has 2 rings (SSSR count). The Morgan fingerprint density at radius 3 is 2.34 bits per heavy atom. The number of nitrogens with one attached hydrogen (secondary N) is 1. The summed E-state index contributed by atoms with van der Waals surface area (Å²) in [6.45, 7) is 8.57. The molecule has 2 aliphatic heterocycles. The van der Waals surface area contributed by atoms with Gasteiger partial charge in [-0.3, -0.25) is 9.59 Å². The smallest absolute Gasteiger partial charge is 0.417 e. The highest BCUT2D eigenvalue weighted by Crippen LogP contribution is 2.23. The molecule has 2 saturated heterocycles. The molecule has 164 valence electrons. The topological polar surface area (TPSA) is 105 Å². The van der Waals surface area contributed by atoms with Gasteiger partial charge in [0.2, 0.25) is 11.8 Å². The molecule has 0 unspecified atom stereocenters. The second kappa shape index (κ2) is 9.93. The van der Waals surface area contributed by atoms with Crippen molar-refractivity contribution in [1.82, 2.24) is 15.1 Å². The van der Waals surface area contributed by atoms with Crippen molar-refractivity contribution in [2.75, 3.05) is 19.7 Å². The Labute approximate surface area is 172 Å². The minimum atomic E-state index is -0.852. The van der Waals surface area contributed by atoms with Crippen LogP contribution in [0.2, 0.25) is 0 Å². The Balaban J connectivity index is 1.84. The maximum Gasteiger partial charge on any atom is 0.417 e. The third kappa shape index (κ3) is 6.61. The number of piperidine rings is 1. The molecule has 0 aliphatic carbocycles.